The predicted octanol–water partition coefficient (Wildman–Crippen LogP) is 1.72. The summed E-state index contributed by atoms with van der Waals surface area (Å²) in [7, 11) is -3.94. The molecule has 0 aliphatic carbocycles. The molecule has 0 bridgehead atoms. The monoisotopic (exact) mass is 427 g/mol. The van der Waals surface area contributed by atoms with Gasteiger partial charge in [0.25, 0.3) is 15.9 Å². The standard InChI is InChI=1S/C18H22FN3O6S/c1-11(27-13-7-5-12(19)6-8-13)16(23)20-21-17(24)14-9-10-15(28-14)29(25,26)22-18(2,3)4/h5-11,22H,1-4H3,(H,20,23)(H,21,24). The smallest absolute Gasteiger partial charge is 0.305 e. The first kappa shape index (κ1) is 22.4. The Morgan fingerprint density at radius 1 is 1.07 bits per heavy atom. The van der Waals surface area contributed by atoms with Crippen molar-refractivity contribution in [2.75, 3.05) is 0 Å². The van der Waals surface area contributed by atoms with Crippen LogP contribution in [-0.2, 0) is 14.8 Å². The van der Waals surface area contributed by atoms with Crippen molar-refractivity contribution < 1.29 is 31.6 Å². The first-order chi connectivity index (χ1) is 13.4. The number of halogens is 1. The fraction of sp³-hybridized carbons (Fsp3) is 0.333. The first-order valence-corrected chi connectivity index (χ1v) is 10.0. The van der Waals surface area contributed by atoms with E-state index >= 15 is 0 Å². The average molecular weight is 427 g/mol. The molecule has 0 fully saturated rings. The van der Waals surface area contributed by atoms with E-state index in [0.29, 0.717) is 0 Å². The Balaban J connectivity index is 1.93. The van der Waals surface area contributed by atoms with E-state index in [1.807, 2.05) is 0 Å². The lowest BCUT2D eigenvalue weighted by atomic mass is 10.1. The number of benzene rings is 1. The molecule has 2 amide bonds. The van der Waals surface area contributed by atoms with Crippen LogP contribution in [-0.4, -0.2) is 31.9 Å². The molecular formula is C18H22FN3O6S. The van der Waals surface area contributed by atoms with Gasteiger partial charge in [0.15, 0.2) is 11.9 Å². The molecule has 3 N–H and O–H groups in total. The van der Waals surface area contributed by atoms with Crippen LogP contribution in [0.1, 0.15) is 38.2 Å². The van der Waals surface area contributed by atoms with E-state index in [1.165, 1.54) is 31.2 Å². The third-order valence-electron chi connectivity index (χ3n) is 3.31. The van der Waals surface area contributed by atoms with Crippen LogP contribution in [0.2, 0.25) is 0 Å². The van der Waals surface area contributed by atoms with Crippen LogP contribution < -0.4 is 20.3 Å². The van der Waals surface area contributed by atoms with Crippen molar-refractivity contribution in [3.05, 3.63) is 48.0 Å². The molecule has 0 saturated heterocycles. The summed E-state index contributed by atoms with van der Waals surface area (Å²) in [6, 6.07) is 7.36. The largest absolute Gasteiger partial charge is 0.481 e. The van der Waals surface area contributed by atoms with Gasteiger partial charge in [-0.2, -0.15) is 0 Å². The zero-order valence-electron chi connectivity index (χ0n) is 16.3. The van der Waals surface area contributed by atoms with Gasteiger partial charge in [-0.15, -0.1) is 0 Å². The lowest BCUT2D eigenvalue weighted by Crippen LogP contribution is -2.47. The molecule has 1 aromatic heterocycles. The number of rotatable bonds is 6. The maximum absolute atomic E-state index is 12.9. The molecule has 11 heteroatoms. The molecule has 0 radical (unpaired) electrons. The fourth-order valence-electron chi connectivity index (χ4n) is 2.09. The summed E-state index contributed by atoms with van der Waals surface area (Å²) in [6.45, 7) is 6.41. The number of ether oxygens (including phenoxy) is 1. The highest BCUT2D eigenvalue weighted by Crippen LogP contribution is 2.16. The summed E-state index contributed by atoms with van der Waals surface area (Å²) < 4.78 is 50.0. The minimum Gasteiger partial charge on any atom is -0.481 e. The number of hydrogen-bond acceptors (Lipinski definition) is 6. The third kappa shape index (κ3) is 6.57. The van der Waals surface area contributed by atoms with Gasteiger partial charge in [-0.1, -0.05) is 0 Å². The maximum atomic E-state index is 12.9. The Morgan fingerprint density at radius 3 is 2.28 bits per heavy atom. The van der Waals surface area contributed by atoms with Crippen molar-refractivity contribution in [1.82, 2.24) is 15.6 Å². The molecule has 1 heterocycles. The summed E-state index contributed by atoms with van der Waals surface area (Å²) in [5.41, 5.74) is 3.50. The second-order valence-corrected chi connectivity index (χ2v) is 8.74. The second-order valence-electron chi connectivity index (χ2n) is 7.13. The van der Waals surface area contributed by atoms with Gasteiger partial charge in [0.05, 0.1) is 0 Å². The molecule has 0 saturated carbocycles. The number of hydrazine groups is 1. The maximum Gasteiger partial charge on any atom is 0.305 e. The SMILES string of the molecule is CC(Oc1ccc(F)cc1)C(=O)NNC(=O)c1ccc(S(=O)(=O)NC(C)(C)C)o1. The molecule has 29 heavy (non-hydrogen) atoms. The Labute approximate surface area is 167 Å². The normalized spacial score (nSPS) is 12.9. The van der Waals surface area contributed by atoms with Gasteiger partial charge in [0.1, 0.15) is 11.6 Å². The minimum atomic E-state index is -3.94. The lowest BCUT2D eigenvalue weighted by molar-refractivity contribution is -0.128. The van der Waals surface area contributed by atoms with Crippen LogP contribution in [0.4, 0.5) is 4.39 Å². The molecule has 9 nitrogen and oxygen atoms in total. The number of nitrogens with one attached hydrogen (secondary N) is 3. The Morgan fingerprint density at radius 2 is 1.69 bits per heavy atom. The van der Waals surface area contributed by atoms with Gasteiger partial charge in [-0.05, 0) is 64.1 Å². The van der Waals surface area contributed by atoms with E-state index in [-0.39, 0.29) is 11.5 Å². The van der Waals surface area contributed by atoms with Crippen molar-refractivity contribution in [3.8, 4) is 5.75 Å². The molecule has 1 atom stereocenters. The Bertz CT molecular complexity index is 980. The predicted molar refractivity (Wildman–Crippen MR) is 101 cm³/mol. The fourth-order valence-corrected chi connectivity index (χ4v) is 3.45. The summed E-state index contributed by atoms with van der Waals surface area (Å²) in [5.74, 6) is -2.03. The second kappa shape index (κ2) is 8.62. The van der Waals surface area contributed by atoms with Crippen LogP contribution in [0.15, 0.2) is 45.9 Å². The van der Waals surface area contributed by atoms with Crippen LogP contribution in [0.3, 0.4) is 0 Å². The third-order valence-corrected chi connectivity index (χ3v) is 4.94. The van der Waals surface area contributed by atoms with Crippen LogP contribution in [0.25, 0.3) is 0 Å². The summed E-state index contributed by atoms with van der Waals surface area (Å²) >= 11 is 0. The molecule has 2 aromatic rings. The Kier molecular flexibility index (Phi) is 6.65. The zero-order valence-corrected chi connectivity index (χ0v) is 17.1. The topological polar surface area (TPSA) is 127 Å². The molecule has 0 spiro atoms. The average Bonchev–Trinajstić information content (AvgIpc) is 3.10. The molecule has 2 rings (SSSR count). The molecule has 0 aliphatic heterocycles. The van der Waals surface area contributed by atoms with Crippen molar-refractivity contribution >= 4 is 21.8 Å². The van der Waals surface area contributed by atoms with E-state index in [0.717, 1.165) is 12.1 Å². The van der Waals surface area contributed by atoms with E-state index in [2.05, 4.69) is 15.6 Å². The van der Waals surface area contributed by atoms with Crippen molar-refractivity contribution in [2.45, 2.75) is 44.4 Å². The van der Waals surface area contributed by atoms with E-state index in [9.17, 15) is 22.4 Å². The quantitative estimate of drug-likeness (QED) is 0.603. The number of carbonyl (C=O) groups is 2. The van der Waals surface area contributed by atoms with Gasteiger partial charge in [0.2, 0.25) is 5.09 Å². The van der Waals surface area contributed by atoms with E-state index in [1.54, 1.807) is 20.8 Å². The first-order valence-electron chi connectivity index (χ1n) is 8.53. The van der Waals surface area contributed by atoms with Gasteiger partial charge < -0.3 is 9.15 Å². The summed E-state index contributed by atoms with van der Waals surface area (Å²) in [5, 5.41) is -0.433. The molecular weight excluding hydrogens is 405 g/mol. The molecule has 1 aromatic carbocycles. The highest BCUT2D eigenvalue weighted by molar-refractivity contribution is 7.89. The van der Waals surface area contributed by atoms with Gasteiger partial charge in [-0.25, -0.2) is 17.5 Å². The zero-order chi connectivity index (χ0) is 21.8. The van der Waals surface area contributed by atoms with Gasteiger partial charge in [-0.3, -0.25) is 20.4 Å². The van der Waals surface area contributed by atoms with E-state index < -0.39 is 44.4 Å². The van der Waals surface area contributed by atoms with Crippen molar-refractivity contribution in [1.29, 1.82) is 0 Å². The minimum absolute atomic E-state index is 0.271. The molecule has 1 unspecified atom stereocenters. The summed E-state index contributed by atoms with van der Waals surface area (Å²) in [6.07, 6.45) is -0.996. The number of furan rings is 1. The van der Waals surface area contributed by atoms with Crippen molar-refractivity contribution in [2.24, 2.45) is 0 Å². The lowest BCUT2D eigenvalue weighted by Gasteiger charge is -2.19. The van der Waals surface area contributed by atoms with Gasteiger partial charge >= 0.3 is 5.91 Å². The summed E-state index contributed by atoms with van der Waals surface area (Å²) in [4.78, 5) is 24.1. The Hall–Kier alpha value is -2.92. The van der Waals surface area contributed by atoms with Crippen molar-refractivity contribution in [3.63, 3.8) is 0 Å². The highest BCUT2D eigenvalue weighted by Gasteiger charge is 2.26. The number of sulfonamides is 1. The van der Waals surface area contributed by atoms with Crippen LogP contribution in [0, 0.1) is 5.82 Å². The molecule has 0 aliphatic rings. The highest BCUT2D eigenvalue weighted by atomic mass is 32.2. The molecule has 158 valence electrons. The number of hydrogen-bond donors (Lipinski definition) is 3. The van der Waals surface area contributed by atoms with E-state index in [4.69, 9.17) is 9.15 Å². The van der Waals surface area contributed by atoms with Crippen LogP contribution >= 0.6 is 0 Å². The number of amides is 2. The number of carbonyl (C=O) groups excluding carboxylic acids is 2. The van der Waals surface area contributed by atoms with Gasteiger partial charge in [0, 0.05) is 5.54 Å². The van der Waals surface area contributed by atoms with Crippen LogP contribution in [0.5, 0.6) is 5.75 Å².